The molecule has 0 radical (unpaired) electrons. The molecule has 2 rings (SSSR count). The van der Waals surface area contributed by atoms with Crippen molar-refractivity contribution in [2.24, 2.45) is 5.92 Å². The van der Waals surface area contributed by atoms with E-state index in [-0.39, 0.29) is 30.3 Å². The van der Waals surface area contributed by atoms with Crippen LogP contribution in [0.1, 0.15) is 32.6 Å². The van der Waals surface area contributed by atoms with Crippen molar-refractivity contribution in [1.82, 2.24) is 21.3 Å². The molecule has 2 atom stereocenters. The van der Waals surface area contributed by atoms with Gasteiger partial charge in [-0.1, -0.05) is 12.8 Å². The SMILES string of the molecule is CCNC(=O)NC1(C(=O)NCC2CNCC2O)CCCC1.Cl. The Kier molecular flexibility index (Phi) is 7.38. The summed E-state index contributed by atoms with van der Waals surface area (Å²) in [5, 5.41) is 21.3. The van der Waals surface area contributed by atoms with Crippen LogP contribution in [0.5, 0.6) is 0 Å². The second-order valence-corrected chi connectivity index (χ2v) is 5.97. The van der Waals surface area contributed by atoms with Gasteiger partial charge in [0.15, 0.2) is 0 Å². The lowest BCUT2D eigenvalue weighted by Gasteiger charge is -2.29. The largest absolute Gasteiger partial charge is 0.391 e. The minimum absolute atomic E-state index is 0. The zero-order valence-corrected chi connectivity index (χ0v) is 13.8. The minimum atomic E-state index is -0.795. The zero-order chi connectivity index (χ0) is 15.3. The van der Waals surface area contributed by atoms with Gasteiger partial charge in [-0.3, -0.25) is 4.79 Å². The number of amides is 3. The Morgan fingerprint density at radius 3 is 2.45 bits per heavy atom. The van der Waals surface area contributed by atoms with Crippen LogP contribution >= 0.6 is 12.4 Å². The molecule has 1 aliphatic carbocycles. The first-order valence-electron chi connectivity index (χ1n) is 7.80. The first-order chi connectivity index (χ1) is 10.1. The fourth-order valence-corrected chi connectivity index (χ4v) is 3.13. The fraction of sp³-hybridized carbons (Fsp3) is 0.857. The lowest BCUT2D eigenvalue weighted by Crippen LogP contribution is -2.59. The summed E-state index contributed by atoms with van der Waals surface area (Å²) >= 11 is 0. The van der Waals surface area contributed by atoms with Crippen LogP contribution in [0.4, 0.5) is 4.79 Å². The summed E-state index contributed by atoms with van der Waals surface area (Å²) in [6, 6.07) is -0.294. The Balaban J connectivity index is 0.00000242. The molecule has 8 heteroatoms. The van der Waals surface area contributed by atoms with Gasteiger partial charge in [-0.15, -0.1) is 12.4 Å². The van der Waals surface area contributed by atoms with Gasteiger partial charge in [-0.05, 0) is 19.8 Å². The second kappa shape index (κ2) is 8.55. The van der Waals surface area contributed by atoms with Crippen LogP contribution in [0, 0.1) is 5.92 Å². The number of aliphatic hydroxyl groups excluding tert-OH is 1. The molecule has 1 saturated carbocycles. The van der Waals surface area contributed by atoms with E-state index < -0.39 is 11.6 Å². The summed E-state index contributed by atoms with van der Waals surface area (Å²) in [5.74, 6) is -0.0952. The average Bonchev–Trinajstić information content (AvgIpc) is 3.06. The van der Waals surface area contributed by atoms with Crippen molar-refractivity contribution in [3.8, 4) is 0 Å². The molecular formula is C14H27ClN4O3. The Bertz CT molecular complexity index is 388. The molecule has 22 heavy (non-hydrogen) atoms. The van der Waals surface area contributed by atoms with E-state index in [1.807, 2.05) is 6.92 Å². The molecule has 0 spiro atoms. The molecule has 7 nitrogen and oxygen atoms in total. The van der Waals surface area contributed by atoms with Gasteiger partial charge in [-0.25, -0.2) is 4.79 Å². The molecule has 3 amide bonds. The first kappa shape index (κ1) is 19.0. The predicted molar refractivity (Wildman–Crippen MR) is 86.0 cm³/mol. The van der Waals surface area contributed by atoms with Gasteiger partial charge in [0.05, 0.1) is 6.10 Å². The summed E-state index contributed by atoms with van der Waals surface area (Å²) in [6.45, 7) is 4.09. The molecular weight excluding hydrogens is 308 g/mol. The van der Waals surface area contributed by atoms with E-state index in [9.17, 15) is 14.7 Å². The Morgan fingerprint density at radius 2 is 1.91 bits per heavy atom. The van der Waals surface area contributed by atoms with Gasteiger partial charge < -0.3 is 26.4 Å². The van der Waals surface area contributed by atoms with Gasteiger partial charge in [0.1, 0.15) is 5.54 Å². The quantitative estimate of drug-likeness (QED) is 0.478. The van der Waals surface area contributed by atoms with E-state index in [0.717, 1.165) is 12.8 Å². The van der Waals surface area contributed by atoms with Crippen LogP contribution in [0.25, 0.3) is 0 Å². The predicted octanol–water partition coefficient (Wildman–Crippen LogP) is -0.263. The highest BCUT2D eigenvalue weighted by Gasteiger charge is 2.42. The van der Waals surface area contributed by atoms with Crippen LogP contribution in [0.2, 0.25) is 0 Å². The van der Waals surface area contributed by atoms with Gasteiger partial charge in [-0.2, -0.15) is 0 Å². The monoisotopic (exact) mass is 334 g/mol. The van der Waals surface area contributed by atoms with Crippen molar-refractivity contribution in [1.29, 1.82) is 0 Å². The number of β-amino-alcohol motifs (C(OH)–C–C–N with tert-alkyl or cyclic N) is 1. The van der Waals surface area contributed by atoms with Crippen molar-refractivity contribution in [2.45, 2.75) is 44.2 Å². The number of urea groups is 1. The maximum absolute atomic E-state index is 12.5. The summed E-state index contributed by atoms with van der Waals surface area (Å²) in [7, 11) is 0. The molecule has 0 aromatic carbocycles. The summed E-state index contributed by atoms with van der Waals surface area (Å²) in [4.78, 5) is 24.3. The molecule has 2 aliphatic rings. The standard InChI is InChI=1S/C14H26N4O3.ClH/c1-2-16-13(21)18-14(5-3-4-6-14)12(20)17-8-10-7-15-9-11(10)19;/h10-11,15,19H,2-9H2,1H3,(H,17,20)(H2,16,18,21);1H. The number of rotatable bonds is 5. The van der Waals surface area contributed by atoms with Crippen molar-refractivity contribution in [3.63, 3.8) is 0 Å². The van der Waals surface area contributed by atoms with Crippen molar-refractivity contribution >= 4 is 24.3 Å². The molecule has 2 unspecified atom stereocenters. The van der Waals surface area contributed by atoms with E-state index in [2.05, 4.69) is 21.3 Å². The molecule has 128 valence electrons. The summed E-state index contributed by atoms with van der Waals surface area (Å²) in [6.07, 6.45) is 2.80. The topological polar surface area (TPSA) is 102 Å². The third-order valence-corrected chi connectivity index (χ3v) is 4.41. The van der Waals surface area contributed by atoms with Gasteiger partial charge in [0.25, 0.3) is 0 Å². The summed E-state index contributed by atoms with van der Waals surface area (Å²) in [5.41, 5.74) is -0.795. The van der Waals surface area contributed by atoms with E-state index in [4.69, 9.17) is 0 Å². The third kappa shape index (κ3) is 4.47. The number of hydrogen-bond donors (Lipinski definition) is 5. The average molecular weight is 335 g/mol. The second-order valence-electron chi connectivity index (χ2n) is 5.97. The molecule has 0 aromatic heterocycles. The van der Waals surface area contributed by atoms with Gasteiger partial charge >= 0.3 is 6.03 Å². The van der Waals surface area contributed by atoms with Crippen LogP contribution < -0.4 is 21.3 Å². The number of nitrogens with one attached hydrogen (secondary N) is 4. The molecule has 0 aromatic rings. The van der Waals surface area contributed by atoms with Crippen LogP contribution in [-0.2, 0) is 4.79 Å². The first-order valence-corrected chi connectivity index (χ1v) is 7.80. The lowest BCUT2D eigenvalue weighted by molar-refractivity contribution is -0.127. The van der Waals surface area contributed by atoms with Crippen LogP contribution in [-0.4, -0.2) is 54.9 Å². The van der Waals surface area contributed by atoms with E-state index >= 15 is 0 Å². The Labute approximate surface area is 137 Å². The molecule has 1 saturated heterocycles. The van der Waals surface area contributed by atoms with Gasteiger partial charge in [0, 0.05) is 32.1 Å². The highest BCUT2D eigenvalue weighted by Crippen LogP contribution is 2.30. The van der Waals surface area contributed by atoms with Gasteiger partial charge in [0.2, 0.25) is 5.91 Å². The van der Waals surface area contributed by atoms with Crippen molar-refractivity contribution < 1.29 is 14.7 Å². The number of hydrogen-bond acceptors (Lipinski definition) is 4. The van der Waals surface area contributed by atoms with Crippen molar-refractivity contribution in [2.75, 3.05) is 26.2 Å². The fourth-order valence-electron chi connectivity index (χ4n) is 3.13. The highest BCUT2D eigenvalue weighted by atomic mass is 35.5. The van der Waals surface area contributed by atoms with Crippen molar-refractivity contribution in [3.05, 3.63) is 0 Å². The number of carbonyl (C=O) groups is 2. The normalized spacial score (nSPS) is 26.1. The Morgan fingerprint density at radius 1 is 1.23 bits per heavy atom. The van der Waals surface area contributed by atoms with Crippen LogP contribution in [0.15, 0.2) is 0 Å². The number of carbonyl (C=O) groups excluding carboxylic acids is 2. The summed E-state index contributed by atoms with van der Waals surface area (Å²) < 4.78 is 0. The minimum Gasteiger partial charge on any atom is -0.391 e. The molecule has 2 fully saturated rings. The highest BCUT2D eigenvalue weighted by molar-refractivity contribution is 5.91. The molecule has 5 N–H and O–H groups in total. The van der Waals surface area contributed by atoms with E-state index in [1.54, 1.807) is 0 Å². The zero-order valence-electron chi connectivity index (χ0n) is 13.0. The molecule has 1 aliphatic heterocycles. The van der Waals surface area contributed by atoms with E-state index in [1.165, 1.54) is 0 Å². The van der Waals surface area contributed by atoms with Crippen LogP contribution in [0.3, 0.4) is 0 Å². The maximum atomic E-state index is 12.5. The maximum Gasteiger partial charge on any atom is 0.315 e. The third-order valence-electron chi connectivity index (χ3n) is 4.41. The van der Waals surface area contributed by atoms with E-state index in [0.29, 0.717) is 39.0 Å². The Hall–Kier alpha value is -1.05. The molecule has 1 heterocycles. The lowest BCUT2D eigenvalue weighted by atomic mass is 9.95. The number of halogens is 1. The smallest absolute Gasteiger partial charge is 0.315 e. The molecule has 0 bridgehead atoms. The number of aliphatic hydroxyl groups is 1.